The lowest BCUT2D eigenvalue weighted by molar-refractivity contribution is 0.323. The summed E-state index contributed by atoms with van der Waals surface area (Å²) < 4.78 is 5.56. The number of benzene rings is 2. The van der Waals surface area contributed by atoms with E-state index in [1.807, 2.05) is 54.6 Å². The van der Waals surface area contributed by atoms with Gasteiger partial charge in [-0.15, -0.1) is 0 Å². The van der Waals surface area contributed by atoms with Crippen molar-refractivity contribution in [3.8, 4) is 5.75 Å². The number of para-hydroxylation sites is 1. The van der Waals surface area contributed by atoms with E-state index in [9.17, 15) is 0 Å². The predicted octanol–water partition coefficient (Wildman–Crippen LogP) is 2.63. The van der Waals surface area contributed by atoms with Gasteiger partial charge in [-0.25, -0.2) is 0 Å². The number of rotatable bonds is 5. The third kappa shape index (κ3) is 4.78. The van der Waals surface area contributed by atoms with Gasteiger partial charge in [0.25, 0.3) is 0 Å². The first-order valence-electron chi connectivity index (χ1n) is 6.32. The van der Waals surface area contributed by atoms with E-state index in [0.29, 0.717) is 18.3 Å². The van der Waals surface area contributed by atoms with Crippen molar-refractivity contribution >= 4 is 28.7 Å². The molecule has 2 aromatic carbocycles. The number of nitrogen functional groups attached to an aromatic ring is 1. The Morgan fingerprint density at radius 2 is 1.75 bits per heavy atom. The number of hydrogen-bond acceptors (Lipinski definition) is 3. The van der Waals surface area contributed by atoms with Crippen LogP contribution in [0.25, 0.3) is 0 Å². The molecule has 4 N–H and O–H groups in total. The predicted molar refractivity (Wildman–Crippen MR) is 87.0 cm³/mol. The second kappa shape index (κ2) is 7.35. The number of hydrogen-bond donors (Lipinski definition) is 3. The lowest BCUT2D eigenvalue weighted by Crippen LogP contribution is -2.31. The molecule has 0 aliphatic heterocycles. The first-order chi connectivity index (χ1) is 9.74. The van der Waals surface area contributed by atoms with Crippen molar-refractivity contribution in [2.24, 2.45) is 0 Å². The highest BCUT2D eigenvalue weighted by molar-refractivity contribution is 7.80. The third-order valence-corrected chi connectivity index (χ3v) is 2.81. The van der Waals surface area contributed by atoms with Gasteiger partial charge in [0.2, 0.25) is 0 Å². The van der Waals surface area contributed by atoms with Crippen LogP contribution in [0.5, 0.6) is 5.75 Å². The molecule has 0 amide bonds. The fourth-order valence-electron chi connectivity index (χ4n) is 1.59. The fourth-order valence-corrected chi connectivity index (χ4v) is 1.81. The Balaban J connectivity index is 1.66. The maximum atomic E-state index is 5.62. The second-order valence-electron chi connectivity index (χ2n) is 4.16. The first-order valence-corrected chi connectivity index (χ1v) is 6.73. The molecule has 5 heteroatoms. The summed E-state index contributed by atoms with van der Waals surface area (Å²) in [7, 11) is 0. The maximum absolute atomic E-state index is 5.62. The molecule has 0 spiro atoms. The zero-order chi connectivity index (χ0) is 14.2. The molecule has 2 rings (SSSR count). The quantitative estimate of drug-likeness (QED) is 0.448. The van der Waals surface area contributed by atoms with E-state index in [1.54, 1.807) is 0 Å². The molecule has 0 saturated heterocycles. The van der Waals surface area contributed by atoms with Crippen LogP contribution >= 0.6 is 12.2 Å². The minimum absolute atomic E-state index is 0.549. The Kier molecular flexibility index (Phi) is 5.20. The molecule has 0 saturated carbocycles. The number of nitrogens with one attached hydrogen (secondary N) is 2. The van der Waals surface area contributed by atoms with Gasteiger partial charge in [-0.2, -0.15) is 0 Å². The van der Waals surface area contributed by atoms with Gasteiger partial charge in [-0.3, -0.25) is 0 Å². The van der Waals surface area contributed by atoms with Crippen molar-refractivity contribution in [2.45, 2.75) is 0 Å². The zero-order valence-corrected chi connectivity index (χ0v) is 11.8. The van der Waals surface area contributed by atoms with E-state index < -0.39 is 0 Å². The van der Waals surface area contributed by atoms with E-state index in [4.69, 9.17) is 22.7 Å². The van der Waals surface area contributed by atoms with Crippen LogP contribution in [0, 0.1) is 0 Å². The first kappa shape index (κ1) is 14.1. The molecular formula is C15H17N3OS. The molecule has 0 atom stereocenters. The number of ether oxygens (including phenoxy) is 1. The molecule has 0 aromatic heterocycles. The number of thiocarbonyl (C=S) groups is 1. The van der Waals surface area contributed by atoms with Crippen LogP contribution in [0.2, 0.25) is 0 Å². The van der Waals surface area contributed by atoms with Gasteiger partial charge < -0.3 is 21.1 Å². The Hall–Kier alpha value is -2.27. The van der Waals surface area contributed by atoms with Crippen molar-refractivity contribution < 1.29 is 4.74 Å². The highest BCUT2D eigenvalue weighted by Gasteiger charge is 1.97. The highest BCUT2D eigenvalue weighted by atomic mass is 32.1. The summed E-state index contributed by atoms with van der Waals surface area (Å²) in [5.74, 6) is 0.853. The average Bonchev–Trinajstić information content (AvgIpc) is 2.47. The molecule has 4 nitrogen and oxygen atoms in total. The van der Waals surface area contributed by atoms with Crippen molar-refractivity contribution in [3.63, 3.8) is 0 Å². The molecule has 0 aliphatic carbocycles. The van der Waals surface area contributed by atoms with Gasteiger partial charge in [0.1, 0.15) is 12.4 Å². The van der Waals surface area contributed by atoms with Gasteiger partial charge in [-0.1, -0.05) is 18.2 Å². The van der Waals surface area contributed by atoms with Crippen LogP contribution in [0.15, 0.2) is 54.6 Å². The summed E-state index contributed by atoms with van der Waals surface area (Å²) in [4.78, 5) is 0. The SMILES string of the molecule is Nc1ccc(NC(=S)NCCOc2ccccc2)cc1. The normalized spacial score (nSPS) is 9.80. The maximum Gasteiger partial charge on any atom is 0.170 e. The summed E-state index contributed by atoms with van der Waals surface area (Å²) in [5, 5.41) is 6.72. The summed E-state index contributed by atoms with van der Waals surface area (Å²) in [6.45, 7) is 1.18. The Morgan fingerprint density at radius 3 is 2.45 bits per heavy atom. The van der Waals surface area contributed by atoms with Gasteiger partial charge in [0.05, 0.1) is 6.54 Å². The van der Waals surface area contributed by atoms with Gasteiger partial charge >= 0.3 is 0 Å². The lowest BCUT2D eigenvalue weighted by atomic mass is 10.3. The molecule has 0 bridgehead atoms. The molecule has 20 heavy (non-hydrogen) atoms. The number of nitrogens with two attached hydrogens (primary N) is 1. The monoisotopic (exact) mass is 287 g/mol. The minimum Gasteiger partial charge on any atom is -0.492 e. The van der Waals surface area contributed by atoms with E-state index in [-0.39, 0.29) is 0 Å². The standard InChI is InChI=1S/C15H17N3OS/c16-12-6-8-13(9-7-12)18-15(20)17-10-11-19-14-4-2-1-3-5-14/h1-9H,10-11,16H2,(H2,17,18,20). The molecule has 0 aliphatic rings. The molecule has 2 aromatic rings. The smallest absolute Gasteiger partial charge is 0.170 e. The summed E-state index contributed by atoms with van der Waals surface area (Å²) in [6.07, 6.45) is 0. The number of anilines is 2. The molecule has 104 valence electrons. The fraction of sp³-hybridized carbons (Fsp3) is 0.133. The van der Waals surface area contributed by atoms with E-state index >= 15 is 0 Å². The van der Waals surface area contributed by atoms with E-state index in [0.717, 1.165) is 17.1 Å². The van der Waals surface area contributed by atoms with Crippen LogP contribution in [-0.4, -0.2) is 18.3 Å². The average molecular weight is 287 g/mol. The van der Waals surface area contributed by atoms with Gasteiger partial charge in [-0.05, 0) is 48.6 Å². The molecule has 0 radical (unpaired) electrons. The Morgan fingerprint density at radius 1 is 1.05 bits per heavy atom. The van der Waals surface area contributed by atoms with Crippen molar-refractivity contribution in [1.29, 1.82) is 0 Å². The van der Waals surface area contributed by atoms with Crippen molar-refractivity contribution in [1.82, 2.24) is 5.32 Å². The highest BCUT2D eigenvalue weighted by Crippen LogP contribution is 2.10. The largest absolute Gasteiger partial charge is 0.492 e. The Labute approximate surface area is 123 Å². The molecule has 0 unspecified atom stereocenters. The van der Waals surface area contributed by atoms with Crippen LogP contribution < -0.4 is 21.1 Å². The summed E-state index contributed by atoms with van der Waals surface area (Å²) in [5.41, 5.74) is 7.25. The van der Waals surface area contributed by atoms with Crippen molar-refractivity contribution in [2.75, 3.05) is 24.2 Å². The topological polar surface area (TPSA) is 59.3 Å². The second-order valence-corrected chi connectivity index (χ2v) is 4.57. The van der Waals surface area contributed by atoms with Crippen LogP contribution in [-0.2, 0) is 0 Å². The molecule has 0 fully saturated rings. The third-order valence-electron chi connectivity index (χ3n) is 2.57. The van der Waals surface area contributed by atoms with Crippen molar-refractivity contribution in [3.05, 3.63) is 54.6 Å². The minimum atomic E-state index is 0.549. The van der Waals surface area contributed by atoms with Gasteiger partial charge in [0.15, 0.2) is 5.11 Å². The lowest BCUT2D eigenvalue weighted by Gasteiger charge is -2.11. The zero-order valence-electron chi connectivity index (χ0n) is 11.0. The molecule has 0 heterocycles. The van der Waals surface area contributed by atoms with E-state index in [2.05, 4.69) is 10.6 Å². The van der Waals surface area contributed by atoms with Crippen LogP contribution in [0.4, 0.5) is 11.4 Å². The molecular weight excluding hydrogens is 270 g/mol. The van der Waals surface area contributed by atoms with E-state index in [1.165, 1.54) is 0 Å². The summed E-state index contributed by atoms with van der Waals surface area (Å²) in [6, 6.07) is 17.1. The van der Waals surface area contributed by atoms with Crippen LogP contribution in [0.1, 0.15) is 0 Å². The Bertz CT molecular complexity index is 543. The summed E-state index contributed by atoms with van der Waals surface area (Å²) >= 11 is 5.19. The van der Waals surface area contributed by atoms with Gasteiger partial charge in [0, 0.05) is 11.4 Å². The van der Waals surface area contributed by atoms with Crippen LogP contribution in [0.3, 0.4) is 0 Å².